The van der Waals surface area contributed by atoms with E-state index in [2.05, 4.69) is 39.3 Å². The maximum absolute atomic E-state index is 13.4. The number of ether oxygens (including phenoxy) is 7. The Balaban J connectivity index is 1.69. The minimum absolute atomic E-state index is 0.150. The number of rotatable bonds is 14. The van der Waals surface area contributed by atoms with Crippen molar-refractivity contribution in [3.05, 3.63) is 0 Å². The molecule has 3 aliphatic heterocycles. The zero-order valence-corrected chi connectivity index (χ0v) is 27.6. The van der Waals surface area contributed by atoms with Crippen LogP contribution in [0.3, 0.4) is 0 Å². The lowest BCUT2D eigenvalue weighted by molar-refractivity contribution is -0.291. The molecule has 3 saturated heterocycles. The zero-order chi connectivity index (χ0) is 28.6. The summed E-state index contributed by atoms with van der Waals surface area (Å²) in [6.45, 7) is 20.9. The first-order valence-corrected chi connectivity index (χ1v) is 22.2. The van der Waals surface area contributed by atoms with Crippen molar-refractivity contribution >= 4 is 26.5 Å². The van der Waals surface area contributed by atoms with Crippen LogP contribution in [0.25, 0.3) is 0 Å². The molecule has 0 aliphatic carbocycles. The fourth-order valence-corrected chi connectivity index (χ4v) is 6.82. The Hall–Kier alpha value is 0.0238. The molecule has 1 unspecified atom stereocenters. The standard InChI is InChI=1S/C24H49NO10SSi2/c1-22(2)32-19-15-30-24(21(20(19)33-22)34-23(3,4)35-24)16-31-36(26,27)25(17-28-11-13-37(5,6)7)18-29-12-14-38(8,9)10/h19-21H,11-18H2,1-10H3/t19-,20?,21+,24+/m1/s1. The number of nitrogens with zero attached hydrogens (tertiary/aromatic N) is 1. The molecule has 38 heavy (non-hydrogen) atoms. The lowest BCUT2D eigenvalue weighted by atomic mass is 9.98. The Kier molecular flexibility index (Phi) is 10.0. The van der Waals surface area contributed by atoms with Crippen LogP contribution in [0, 0.1) is 0 Å². The van der Waals surface area contributed by atoms with E-state index in [0.717, 1.165) is 16.4 Å². The molecule has 14 heteroatoms. The molecule has 4 atom stereocenters. The average Bonchev–Trinajstić information content (AvgIpc) is 3.20. The van der Waals surface area contributed by atoms with E-state index in [1.165, 1.54) is 0 Å². The van der Waals surface area contributed by atoms with Gasteiger partial charge in [0.15, 0.2) is 11.6 Å². The van der Waals surface area contributed by atoms with Crippen LogP contribution >= 0.6 is 0 Å². The fraction of sp³-hybridized carbons (Fsp3) is 1.00. The number of hydrogen-bond acceptors (Lipinski definition) is 10. The van der Waals surface area contributed by atoms with E-state index < -0.39 is 62.6 Å². The van der Waals surface area contributed by atoms with E-state index in [9.17, 15) is 8.42 Å². The molecule has 0 aromatic heterocycles. The van der Waals surface area contributed by atoms with Crippen LogP contribution < -0.4 is 0 Å². The molecule has 0 radical (unpaired) electrons. The fourth-order valence-electron chi connectivity index (χ4n) is 4.43. The second kappa shape index (κ2) is 11.7. The predicted octanol–water partition coefficient (Wildman–Crippen LogP) is 3.57. The molecule has 11 nitrogen and oxygen atoms in total. The van der Waals surface area contributed by atoms with Crippen LogP contribution in [-0.4, -0.2) is 104 Å². The van der Waals surface area contributed by atoms with E-state index >= 15 is 0 Å². The third-order valence-electron chi connectivity index (χ3n) is 6.46. The molecule has 0 bridgehead atoms. The van der Waals surface area contributed by atoms with Crippen LogP contribution in [0.1, 0.15) is 27.7 Å². The molecular formula is C24H49NO10SSi2. The van der Waals surface area contributed by atoms with Gasteiger partial charge < -0.3 is 33.2 Å². The molecule has 0 spiro atoms. The summed E-state index contributed by atoms with van der Waals surface area (Å²) < 4.78 is 75.2. The Labute approximate surface area is 231 Å². The van der Waals surface area contributed by atoms with Gasteiger partial charge in [0.05, 0.1) is 6.61 Å². The highest BCUT2D eigenvalue weighted by Crippen LogP contribution is 2.47. The number of fused-ring (bicyclic) bond motifs is 3. The second-order valence-electron chi connectivity index (χ2n) is 13.7. The molecule has 0 saturated carbocycles. The van der Waals surface area contributed by atoms with Gasteiger partial charge in [-0.25, -0.2) is 0 Å². The van der Waals surface area contributed by atoms with Crippen LogP contribution in [0.15, 0.2) is 0 Å². The van der Waals surface area contributed by atoms with Gasteiger partial charge in [-0.15, -0.1) is 4.31 Å². The molecule has 0 amide bonds. The number of hydrogen-bond donors (Lipinski definition) is 0. The highest BCUT2D eigenvalue weighted by atomic mass is 32.2. The van der Waals surface area contributed by atoms with Crippen molar-refractivity contribution in [3.8, 4) is 0 Å². The maximum atomic E-state index is 13.4. The van der Waals surface area contributed by atoms with E-state index in [4.69, 9.17) is 37.3 Å². The second-order valence-corrected chi connectivity index (χ2v) is 26.5. The van der Waals surface area contributed by atoms with E-state index in [1.807, 2.05) is 13.8 Å². The van der Waals surface area contributed by atoms with E-state index in [0.29, 0.717) is 13.2 Å². The topological polar surface area (TPSA) is 111 Å². The molecule has 0 aromatic carbocycles. The van der Waals surface area contributed by atoms with Gasteiger partial charge in [0.2, 0.25) is 5.79 Å². The Bertz CT molecular complexity index is 883. The molecule has 0 N–H and O–H groups in total. The van der Waals surface area contributed by atoms with Gasteiger partial charge >= 0.3 is 10.3 Å². The third kappa shape index (κ3) is 9.01. The summed E-state index contributed by atoms with van der Waals surface area (Å²) >= 11 is 0. The smallest absolute Gasteiger partial charge is 0.342 e. The van der Waals surface area contributed by atoms with Gasteiger partial charge in [0, 0.05) is 29.4 Å². The Morgan fingerprint density at radius 1 is 0.842 bits per heavy atom. The lowest BCUT2D eigenvalue weighted by Crippen LogP contribution is -2.61. The van der Waals surface area contributed by atoms with Crippen molar-refractivity contribution < 1.29 is 45.8 Å². The van der Waals surface area contributed by atoms with Crippen molar-refractivity contribution in [2.24, 2.45) is 0 Å². The van der Waals surface area contributed by atoms with Gasteiger partial charge in [0.1, 0.15) is 38.4 Å². The van der Waals surface area contributed by atoms with Gasteiger partial charge in [-0.05, 0) is 39.8 Å². The first-order chi connectivity index (χ1) is 17.2. The van der Waals surface area contributed by atoms with Crippen molar-refractivity contribution in [3.63, 3.8) is 0 Å². The first-order valence-electron chi connectivity index (χ1n) is 13.4. The van der Waals surface area contributed by atoms with Gasteiger partial charge in [-0.3, -0.25) is 4.18 Å². The summed E-state index contributed by atoms with van der Waals surface area (Å²) in [5.41, 5.74) is 0. The monoisotopic (exact) mass is 599 g/mol. The summed E-state index contributed by atoms with van der Waals surface area (Å²) in [7, 11) is -6.93. The van der Waals surface area contributed by atoms with Crippen molar-refractivity contribution in [1.82, 2.24) is 4.31 Å². The molecule has 3 rings (SSSR count). The zero-order valence-electron chi connectivity index (χ0n) is 24.8. The molecule has 3 heterocycles. The normalized spacial score (nSPS) is 31.0. The van der Waals surface area contributed by atoms with Gasteiger partial charge in [0.25, 0.3) is 0 Å². The van der Waals surface area contributed by atoms with Gasteiger partial charge in [-0.1, -0.05) is 39.3 Å². The molecule has 3 aliphatic rings. The highest BCUT2D eigenvalue weighted by Gasteiger charge is 2.66. The van der Waals surface area contributed by atoms with Crippen LogP contribution in [0.4, 0.5) is 0 Å². The lowest BCUT2D eigenvalue weighted by Gasteiger charge is -2.40. The largest absolute Gasteiger partial charge is 0.365 e. The molecular weight excluding hydrogens is 551 g/mol. The summed E-state index contributed by atoms with van der Waals surface area (Å²) in [4.78, 5) is 0. The summed E-state index contributed by atoms with van der Waals surface area (Å²) in [5, 5.41) is 0. The Morgan fingerprint density at radius 2 is 1.39 bits per heavy atom. The van der Waals surface area contributed by atoms with E-state index in [-0.39, 0.29) is 26.2 Å². The summed E-state index contributed by atoms with van der Waals surface area (Å²) in [5.74, 6) is -3.35. The van der Waals surface area contributed by atoms with Crippen LogP contribution in [0.2, 0.25) is 51.4 Å². The molecule has 0 aromatic rings. The maximum Gasteiger partial charge on any atom is 0.342 e. The summed E-state index contributed by atoms with van der Waals surface area (Å²) in [6, 6.07) is 1.83. The highest BCUT2D eigenvalue weighted by molar-refractivity contribution is 7.84. The SMILES string of the molecule is CC1(C)OC2[C@@H](CO[C@@]3(COS(=O)(=O)N(COCC[Si](C)(C)C)COCC[Si](C)(C)C)OC(C)(C)O[C@@H]23)O1. The predicted molar refractivity (Wildman–Crippen MR) is 147 cm³/mol. The van der Waals surface area contributed by atoms with E-state index in [1.54, 1.807) is 13.8 Å². The van der Waals surface area contributed by atoms with Gasteiger partial charge in [-0.2, -0.15) is 8.42 Å². The summed E-state index contributed by atoms with van der Waals surface area (Å²) in [6.07, 6.45) is -1.62. The first kappa shape index (κ1) is 32.5. The van der Waals surface area contributed by atoms with Crippen molar-refractivity contribution in [2.75, 3.05) is 39.9 Å². The van der Waals surface area contributed by atoms with Crippen molar-refractivity contribution in [2.45, 2.75) is 115 Å². The van der Waals surface area contributed by atoms with Crippen LogP contribution in [0.5, 0.6) is 0 Å². The quantitative estimate of drug-likeness (QED) is 0.167. The van der Waals surface area contributed by atoms with Crippen molar-refractivity contribution in [1.29, 1.82) is 0 Å². The minimum atomic E-state index is -4.26. The molecule has 3 fully saturated rings. The van der Waals surface area contributed by atoms with Crippen LogP contribution in [-0.2, 0) is 47.6 Å². The Morgan fingerprint density at radius 3 is 1.92 bits per heavy atom. The molecule has 224 valence electrons. The third-order valence-corrected chi connectivity index (χ3v) is 11.1. The average molecular weight is 600 g/mol. The minimum Gasteiger partial charge on any atom is -0.365 e.